The number of aromatic hydroxyl groups is 1. The predicted octanol–water partition coefficient (Wildman–Crippen LogP) is 4.49. The standard InChI is InChI=1S/C15H14ClIN2O2/c1-2-21-14-8-10(7-13(17)15(14)20)9-18-19-12-5-3-11(16)4-6-12/h3-9,19-20H,2H2,1H3. The summed E-state index contributed by atoms with van der Waals surface area (Å²) < 4.78 is 6.10. The summed E-state index contributed by atoms with van der Waals surface area (Å²) in [6, 6.07) is 10.8. The van der Waals surface area contributed by atoms with Gasteiger partial charge in [0.2, 0.25) is 0 Å². The number of phenolic OH excluding ortho intramolecular Hbond substituents is 1. The third kappa shape index (κ3) is 4.50. The molecule has 0 saturated carbocycles. The Kier molecular flexibility index (Phi) is 5.69. The maximum Gasteiger partial charge on any atom is 0.171 e. The van der Waals surface area contributed by atoms with E-state index in [1.165, 1.54) is 0 Å². The summed E-state index contributed by atoms with van der Waals surface area (Å²) in [4.78, 5) is 0. The molecule has 2 aromatic carbocycles. The van der Waals surface area contributed by atoms with Crippen molar-refractivity contribution in [3.8, 4) is 11.5 Å². The second kappa shape index (κ2) is 7.51. The zero-order valence-electron chi connectivity index (χ0n) is 11.3. The van der Waals surface area contributed by atoms with Crippen molar-refractivity contribution in [2.24, 2.45) is 5.10 Å². The molecule has 0 radical (unpaired) electrons. The molecule has 0 unspecified atom stereocenters. The molecule has 2 N–H and O–H groups in total. The van der Waals surface area contributed by atoms with Gasteiger partial charge in [-0.3, -0.25) is 5.43 Å². The Balaban J connectivity index is 2.11. The third-order valence-electron chi connectivity index (χ3n) is 2.60. The highest BCUT2D eigenvalue weighted by molar-refractivity contribution is 14.1. The van der Waals surface area contributed by atoms with Crippen molar-refractivity contribution in [1.29, 1.82) is 0 Å². The van der Waals surface area contributed by atoms with Crippen LogP contribution in [0, 0.1) is 3.57 Å². The van der Waals surface area contributed by atoms with Crippen molar-refractivity contribution >= 4 is 46.1 Å². The summed E-state index contributed by atoms with van der Waals surface area (Å²) in [7, 11) is 0. The van der Waals surface area contributed by atoms with E-state index < -0.39 is 0 Å². The maximum absolute atomic E-state index is 9.88. The van der Waals surface area contributed by atoms with Crippen LogP contribution in [0.1, 0.15) is 12.5 Å². The normalized spacial score (nSPS) is 10.8. The lowest BCUT2D eigenvalue weighted by Gasteiger charge is -2.08. The first-order valence-electron chi connectivity index (χ1n) is 6.30. The first-order chi connectivity index (χ1) is 10.1. The van der Waals surface area contributed by atoms with E-state index in [0.717, 1.165) is 11.3 Å². The van der Waals surface area contributed by atoms with Gasteiger partial charge < -0.3 is 9.84 Å². The topological polar surface area (TPSA) is 53.8 Å². The Morgan fingerprint density at radius 1 is 1.33 bits per heavy atom. The Hall–Kier alpha value is -1.47. The van der Waals surface area contributed by atoms with Crippen molar-refractivity contribution in [3.63, 3.8) is 0 Å². The number of hydrazone groups is 1. The van der Waals surface area contributed by atoms with Crippen LogP contribution in [0.4, 0.5) is 5.69 Å². The molecule has 2 rings (SSSR count). The highest BCUT2D eigenvalue weighted by Gasteiger charge is 2.08. The van der Waals surface area contributed by atoms with Crippen molar-refractivity contribution in [2.45, 2.75) is 6.92 Å². The van der Waals surface area contributed by atoms with Gasteiger partial charge in [-0.15, -0.1) is 0 Å². The SMILES string of the molecule is CCOc1cc(C=NNc2ccc(Cl)cc2)cc(I)c1O. The second-order valence-corrected chi connectivity index (χ2v) is 5.76. The number of phenols is 1. The lowest BCUT2D eigenvalue weighted by atomic mass is 10.2. The largest absolute Gasteiger partial charge is 0.504 e. The maximum atomic E-state index is 9.88. The zero-order valence-corrected chi connectivity index (χ0v) is 14.2. The molecule has 0 aliphatic rings. The number of rotatable bonds is 5. The van der Waals surface area contributed by atoms with Crippen LogP contribution in [0.15, 0.2) is 41.5 Å². The lowest BCUT2D eigenvalue weighted by Crippen LogP contribution is -1.96. The Morgan fingerprint density at radius 2 is 2.05 bits per heavy atom. The molecule has 4 nitrogen and oxygen atoms in total. The van der Waals surface area contributed by atoms with Gasteiger partial charge in [0.25, 0.3) is 0 Å². The van der Waals surface area contributed by atoms with E-state index >= 15 is 0 Å². The van der Waals surface area contributed by atoms with Gasteiger partial charge in [-0.05, 0) is 71.5 Å². The van der Waals surface area contributed by atoms with Gasteiger partial charge in [0, 0.05) is 5.02 Å². The summed E-state index contributed by atoms with van der Waals surface area (Å²) in [5.41, 5.74) is 4.59. The van der Waals surface area contributed by atoms with E-state index in [1.807, 2.05) is 25.1 Å². The molecule has 110 valence electrons. The number of hydrogen-bond acceptors (Lipinski definition) is 4. The van der Waals surface area contributed by atoms with Gasteiger partial charge >= 0.3 is 0 Å². The first-order valence-corrected chi connectivity index (χ1v) is 7.75. The zero-order chi connectivity index (χ0) is 15.2. The Morgan fingerprint density at radius 3 is 2.71 bits per heavy atom. The van der Waals surface area contributed by atoms with E-state index in [-0.39, 0.29) is 5.75 Å². The molecular formula is C15H14ClIN2O2. The van der Waals surface area contributed by atoms with Gasteiger partial charge in [0.15, 0.2) is 11.5 Å². The minimum Gasteiger partial charge on any atom is -0.504 e. The molecule has 0 heterocycles. The lowest BCUT2D eigenvalue weighted by molar-refractivity contribution is 0.317. The van der Waals surface area contributed by atoms with E-state index in [9.17, 15) is 5.11 Å². The summed E-state index contributed by atoms with van der Waals surface area (Å²) in [5, 5.41) is 14.7. The average Bonchev–Trinajstić information content (AvgIpc) is 2.46. The monoisotopic (exact) mass is 416 g/mol. The molecule has 6 heteroatoms. The third-order valence-corrected chi connectivity index (χ3v) is 3.68. The molecule has 0 aliphatic carbocycles. The van der Waals surface area contributed by atoms with Crippen LogP contribution >= 0.6 is 34.2 Å². The molecule has 0 spiro atoms. The average molecular weight is 417 g/mol. The summed E-state index contributed by atoms with van der Waals surface area (Å²) in [6.45, 7) is 2.36. The van der Waals surface area contributed by atoms with E-state index in [0.29, 0.717) is 20.9 Å². The van der Waals surface area contributed by atoms with Crippen molar-refractivity contribution in [2.75, 3.05) is 12.0 Å². The van der Waals surface area contributed by atoms with Crippen LogP contribution < -0.4 is 10.2 Å². The van der Waals surface area contributed by atoms with Crippen LogP contribution in [0.2, 0.25) is 5.02 Å². The fraction of sp³-hybridized carbons (Fsp3) is 0.133. The van der Waals surface area contributed by atoms with Gasteiger partial charge in [-0.2, -0.15) is 5.10 Å². The number of nitrogens with one attached hydrogen (secondary N) is 1. The van der Waals surface area contributed by atoms with Gasteiger partial charge in [-0.25, -0.2) is 0 Å². The number of benzene rings is 2. The van der Waals surface area contributed by atoms with E-state index in [4.69, 9.17) is 16.3 Å². The van der Waals surface area contributed by atoms with Crippen molar-refractivity contribution in [1.82, 2.24) is 0 Å². The van der Waals surface area contributed by atoms with Crippen molar-refractivity contribution in [3.05, 3.63) is 50.6 Å². The molecule has 0 atom stereocenters. The Labute approximate surface area is 141 Å². The van der Waals surface area contributed by atoms with Crippen LogP contribution in [-0.2, 0) is 0 Å². The van der Waals surface area contributed by atoms with Crippen LogP contribution in [0.5, 0.6) is 11.5 Å². The number of ether oxygens (including phenoxy) is 1. The molecule has 0 aliphatic heterocycles. The quantitative estimate of drug-likeness (QED) is 0.429. The fourth-order valence-corrected chi connectivity index (χ4v) is 2.39. The molecule has 0 bridgehead atoms. The molecule has 2 aromatic rings. The number of halogens is 2. The van der Waals surface area contributed by atoms with Crippen LogP contribution in [0.3, 0.4) is 0 Å². The summed E-state index contributed by atoms with van der Waals surface area (Å²) >= 11 is 7.87. The molecule has 0 aromatic heterocycles. The smallest absolute Gasteiger partial charge is 0.171 e. The highest BCUT2D eigenvalue weighted by Crippen LogP contribution is 2.32. The minimum absolute atomic E-state index is 0.153. The number of nitrogens with zero attached hydrogens (tertiary/aromatic N) is 1. The fourth-order valence-electron chi connectivity index (χ4n) is 1.64. The van der Waals surface area contributed by atoms with Crippen LogP contribution in [0.25, 0.3) is 0 Å². The van der Waals surface area contributed by atoms with Crippen molar-refractivity contribution < 1.29 is 9.84 Å². The minimum atomic E-state index is 0.153. The Bertz CT molecular complexity index is 645. The van der Waals surface area contributed by atoms with E-state index in [1.54, 1.807) is 24.4 Å². The van der Waals surface area contributed by atoms with Crippen LogP contribution in [-0.4, -0.2) is 17.9 Å². The van der Waals surface area contributed by atoms with Gasteiger partial charge in [-0.1, -0.05) is 11.6 Å². The molecular weight excluding hydrogens is 403 g/mol. The summed E-state index contributed by atoms with van der Waals surface area (Å²) in [5.74, 6) is 0.609. The van der Waals surface area contributed by atoms with E-state index in [2.05, 4.69) is 33.1 Å². The predicted molar refractivity (Wildman–Crippen MR) is 94.7 cm³/mol. The highest BCUT2D eigenvalue weighted by atomic mass is 127. The second-order valence-electron chi connectivity index (χ2n) is 4.16. The number of anilines is 1. The van der Waals surface area contributed by atoms with Gasteiger partial charge in [0.1, 0.15) is 0 Å². The molecule has 21 heavy (non-hydrogen) atoms. The molecule has 0 amide bonds. The molecule has 0 fully saturated rings. The molecule has 0 saturated heterocycles. The number of hydrogen-bond donors (Lipinski definition) is 2. The first kappa shape index (κ1) is 15.9. The summed E-state index contributed by atoms with van der Waals surface area (Å²) in [6.07, 6.45) is 1.67. The van der Waals surface area contributed by atoms with Gasteiger partial charge in [0.05, 0.1) is 22.1 Å².